The number of hydrogen-bond acceptors (Lipinski definition) is 3. The molecule has 1 heterocycles. The van der Waals surface area contributed by atoms with Crippen LogP contribution in [-0.2, 0) is 0 Å². The van der Waals surface area contributed by atoms with Crippen LogP contribution in [0.4, 0.5) is 13.2 Å². The number of piperazine rings is 1. The standard InChI is InChI=1S/C14H17Cl2F3N2O/c15-9-7-10(13(22)11(16)8-9)12(1-2-14(17,18)19)21-5-3-20-4-6-21/h7-8,12,20,22H,1-6H2/t12-/m0/s1. The fourth-order valence-electron chi connectivity index (χ4n) is 2.67. The predicted molar refractivity (Wildman–Crippen MR) is 80.6 cm³/mol. The van der Waals surface area contributed by atoms with Crippen molar-refractivity contribution in [1.29, 1.82) is 0 Å². The Bertz CT molecular complexity index is 520. The Morgan fingerprint density at radius 3 is 2.45 bits per heavy atom. The first-order valence-electron chi connectivity index (χ1n) is 6.97. The number of hydrogen-bond donors (Lipinski definition) is 2. The highest BCUT2D eigenvalue weighted by Gasteiger charge is 2.32. The molecule has 1 fully saturated rings. The first-order valence-corrected chi connectivity index (χ1v) is 7.73. The molecule has 0 aliphatic carbocycles. The quantitative estimate of drug-likeness (QED) is 0.856. The molecular formula is C14H17Cl2F3N2O. The van der Waals surface area contributed by atoms with E-state index in [1.165, 1.54) is 12.1 Å². The molecule has 2 rings (SSSR count). The second-order valence-corrected chi connectivity index (χ2v) is 6.12. The van der Waals surface area contributed by atoms with E-state index in [0.717, 1.165) is 0 Å². The molecule has 1 atom stereocenters. The lowest BCUT2D eigenvalue weighted by Crippen LogP contribution is -2.45. The topological polar surface area (TPSA) is 35.5 Å². The van der Waals surface area contributed by atoms with Gasteiger partial charge in [-0.05, 0) is 18.6 Å². The number of rotatable bonds is 4. The van der Waals surface area contributed by atoms with Gasteiger partial charge in [0, 0.05) is 49.2 Å². The summed E-state index contributed by atoms with van der Waals surface area (Å²) < 4.78 is 37.8. The Labute approximate surface area is 137 Å². The third-order valence-corrected chi connectivity index (χ3v) is 4.22. The molecule has 0 amide bonds. The fourth-order valence-corrected chi connectivity index (χ4v) is 3.18. The van der Waals surface area contributed by atoms with Gasteiger partial charge in [-0.1, -0.05) is 23.2 Å². The highest BCUT2D eigenvalue weighted by atomic mass is 35.5. The molecule has 2 N–H and O–H groups in total. The Balaban J connectivity index is 2.30. The van der Waals surface area contributed by atoms with Crippen molar-refractivity contribution >= 4 is 23.2 Å². The molecule has 8 heteroatoms. The second kappa shape index (κ2) is 7.25. The summed E-state index contributed by atoms with van der Waals surface area (Å²) in [6, 6.07) is 2.30. The molecule has 1 aromatic rings. The molecule has 0 unspecified atom stereocenters. The Morgan fingerprint density at radius 2 is 1.86 bits per heavy atom. The zero-order chi connectivity index (χ0) is 16.3. The minimum atomic E-state index is -4.25. The van der Waals surface area contributed by atoms with Crippen molar-refractivity contribution in [2.45, 2.75) is 25.1 Å². The van der Waals surface area contributed by atoms with Gasteiger partial charge in [0.15, 0.2) is 0 Å². The number of phenolic OH excluding ortho intramolecular Hbond substituents is 1. The normalized spacial score (nSPS) is 18.4. The van der Waals surface area contributed by atoms with E-state index >= 15 is 0 Å². The molecule has 0 bridgehead atoms. The van der Waals surface area contributed by atoms with Gasteiger partial charge in [-0.3, -0.25) is 4.90 Å². The van der Waals surface area contributed by atoms with Gasteiger partial charge < -0.3 is 10.4 Å². The van der Waals surface area contributed by atoms with Crippen LogP contribution in [0.1, 0.15) is 24.4 Å². The van der Waals surface area contributed by atoms with E-state index in [2.05, 4.69) is 5.32 Å². The smallest absolute Gasteiger partial charge is 0.389 e. The van der Waals surface area contributed by atoms with E-state index in [4.69, 9.17) is 23.2 Å². The van der Waals surface area contributed by atoms with Gasteiger partial charge in [-0.15, -0.1) is 0 Å². The second-order valence-electron chi connectivity index (χ2n) is 5.28. The van der Waals surface area contributed by atoms with Crippen LogP contribution in [0.15, 0.2) is 12.1 Å². The molecule has 124 valence electrons. The minimum absolute atomic E-state index is 0.0506. The summed E-state index contributed by atoms with van der Waals surface area (Å²) in [6.07, 6.45) is -5.32. The van der Waals surface area contributed by atoms with Crippen molar-refractivity contribution in [2.75, 3.05) is 26.2 Å². The van der Waals surface area contributed by atoms with Crippen LogP contribution in [0.5, 0.6) is 5.75 Å². The highest BCUT2D eigenvalue weighted by molar-refractivity contribution is 6.35. The van der Waals surface area contributed by atoms with E-state index in [-0.39, 0.29) is 17.2 Å². The van der Waals surface area contributed by atoms with E-state index < -0.39 is 18.6 Å². The highest BCUT2D eigenvalue weighted by Crippen LogP contribution is 2.40. The van der Waals surface area contributed by atoms with Crippen LogP contribution in [0.2, 0.25) is 10.0 Å². The maximum atomic E-state index is 12.6. The van der Waals surface area contributed by atoms with Crippen molar-refractivity contribution in [3.8, 4) is 5.75 Å². The van der Waals surface area contributed by atoms with Crippen LogP contribution in [0.25, 0.3) is 0 Å². The molecule has 0 radical (unpaired) electrons. The molecule has 1 saturated heterocycles. The molecule has 22 heavy (non-hydrogen) atoms. The predicted octanol–water partition coefficient (Wildman–Crippen LogP) is 3.99. The third kappa shape index (κ3) is 4.65. The Hall–Kier alpha value is -0.690. The van der Waals surface area contributed by atoms with Gasteiger partial charge >= 0.3 is 6.18 Å². The van der Waals surface area contributed by atoms with Crippen molar-refractivity contribution in [3.05, 3.63) is 27.7 Å². The van der Waals surface area contributed by atoms with Gasteiger partial charge in [-0.25, -0.2) is 0 Å². The SMILES string of the molecule is Oc1c(Cl)cc(Cl)cc1[C@H](CCC(F)(F)F)N1CCNCC1. The number of phenols is 1. The van der Waals surface area contributed by atoms with Crippen molar-refractivity contribution in [2.24, 2.45) is 0 Å². The first-order chi connectivity index (χ1) is 10.3. The third-order valence-electron chi connectivity index (χ3n) is 3.71. The monoisotopic (exact) mass is 356 g/mol. The Morgan fingerprint density at radius 1 is 1.23 bits per heavy atom. The molecule has 1 aromatic carbocycles. The summed E-state index contributed by atoms with van der Waals surface area (Å²) in [5.74, 6) is -0.197. The average Bonchev–Trinajstić information content (AvgIpc) is 2.44. The summed E-state index contributed by atoms with van der Waals surface area (Å²) in [5, 5.41) is 13.6. The number of aromatic hydroxyl groups is 1. The van der Waals surface area contributed by atoms with Crippen LogP contribution in [0, 0.1) is 0 Å². The lowest BCUT2D eigenvalue weighted by Gasteiger charge is -2.36. The molecule has 1 aliphatic rings. The zero-order valence-electron chi connectivity index (χ0n) is 11.8. The van der Waals surface area contributed by atoms with Crippen LogP contribution < -0.4 is 5.32 Å². The van der Waals surface area contributed by atoms with E-state index in [9.17, 15) is 18.3 Å². The van der Waals surface area contributed by atoms with Crippen molar-refractivity contribution in [1.82, 2.24) is 10.2 Å². The van der Waals surface area contributed by atoms with Crippen molar-refractivity contribution < 1.29 is 18.3 Å². The number of nitrogens with one attached hydrogen (secondary N) is 1. The van der Waals surface area contributed by atoms with Gasteiger partial charge in [0.25, 0.3) is 0 Å². The largest absolute Gasteiger partial charge is 0.506 e. The Kier molecular flexibility index (Phi) is 5.82. The first kappa shape index (κ1) is 17.7. The summed E-state index contributed by atoms with van der Waals surface area (Å²) in [6.45, 7) is 2.59. The molecule has 0 spiro atoms. The molecule has 3 nitrogen and oxygen atoms in total. The maximum Gasteiger partial charge on any atom is 0.389 e. The molecule has 0 saturated carbocycles. The fraction of sp³-hybridized carbons (Fsp3) is 0.571. The van der Waals surface area contributed by atoms with E-state index in [0.29, 0.717) is 36.8 Å². The molecular weight excluding hydrogens is 340 g/mol. The number of alkyl halides is 3. The van der Waals surface area contributed by atoms with Gasteiger partial charge in [0.2, 0.25) is 0 Å². The van der Waals surface area contributed by atoms with Crippen LogP contribution >= 0.6 is 23.2 Å². The van der Waals surface area contributed by atoms with Crippen LogP contribution in [0.3, 0.4) is 0 Å². The summed E-state index contributed by atoms with van der Waals surface area (Å²) in [7, 11) is 0. The van der Waals surface area contributed by atoms with E-state index in [1.54, 1.807) is 0 Å². The minimum Gasteiger partial charge on any atom is -0.506 e. The van der Waals surface area contributed by atoms with Crippen LogP contribution in [-0.4, -0.2) is 42.4 Å². The summed E-state index contributed by atoms with van der Waals surface area (Å²) >= 11 is 11.9. The number of nitrogens with zero attached hydrogens (tertiary/aromatic N) is 1. The maximum absolute atomic E-state index is 12.6. The van der Waals surface area contributed by atoms with E-state index in [1.807, 2.05) is 4.90 Å². The lowest BCUT2D eigenvalue weighted by atomic mass is 9.98. The summed E-state index contributed by atoms with van der Waals surface area (Å²) in [5.41, 5.74) is 0.351. The summed E-state index contributed by atoms with van der Waals surface area (Å²) in [4.78, 5) is 1.92. The zero-order valence-corrected chi connectivity index (χ0v) is 13.3. The van der Waals surface area contributed by atoms with Crippen molar-refractivity contribution in [3.63, 3.8) is 0 Å². The van der Waals surface area contributed by atoms with Gasteiger partial charge in [0.1, 0.15) is 5.75 Å². The van der Waals surface area contributed by atoms with Gasteiger partial charge in [0.05, 0.1) is 5.02 Å². The lowest BCUT2D eigenvalue weighted by molar-refractivity contribution is -0.138. The number of benzene rings is 1. The number of halogens is 5. The average molecular weight is 357 g/mol. The molecule has 0 aromatic heterocycles. The van der Waals surface area contributed by atoms with Gasteiger partial charge in [-0.2, -0.15) is 13.2 Å². The molecule has 1 aliphatic heterocycles.